The van der Waals surface area contributed by atoms with E-state index >= 15 is 0 Å². The van der Waals surface area contributed by atoms with Crippen molar-refractivity contribution in [2.24, 2.45) is 0 Å². The van der Waals surface area contributed by atoms with E-state index in [4.69, 9.17) is 16.3 Å². The Morgan fingerprint density at radius 2 is 2.04 bits per heavy atom. The molecule has 1 N–H and O–H groups in total. The third-order valence-electron chi connectivity index (χ3n) is 4.20. The van der Waals surface area contributed by atoms with Crippen LogP contribution in [0, 0.1) is 0 Å². The van der Waals surface area contributed by atoms with E-state index in [9.17, 15) is 4.79 Å². The summed E-state index contributed by atoms with van der Waals surface area (Å²) in [5.74, 6) is 0.926. The summed E-state index contributed by atoms with van der Waals surface area (Å²) in [6.07, 6.45) is 3.38. The Bertz CT molecular complexity index is 825. The molecule has 2 aromatic heterocycles. The first kappa shape index (κ1) is 18.7. The zero-order valence-electron chi connectivity index (χ0n) is 15.3. The zero-order valence-corrected chi connectivity index (χ0v) is 16.1. The predicted octanol–water partition coefficient (Wildman–Crippen LogP) is 2.50. The Labute approximate surface area is 157 Å². The number of hydrogen-bond donors (Lipinski definition) is 1. The summed E-state index contributed by atoms with van der Waals surface area (Å²) >= 11 is 6.28. The molecule has 140 valence electrons. The largest absolute Gasteiger partial charge is 0.378 e. The second kappa shape index (κ2) is 7.63. The Kier molecular flexibility index (Phi) is 5.48. The molecule has 0 aliphatic carbocycles. The quantitative estimate of drug-likeness (QED) is 0.882. The first-order valence-electron chi connectivity index (χ1n) is 8.66. The maximum atomic E-state index is 12.5. The van der Waals surface area contributed by atoms with E-state index in [1.54, 1.807) is 12.4 Å². The molecule has 2 aromatic rings. The highest BCUT2D eigenvalue weighted by molar-refractivity contribution is 6.32. The van der Waals surface area contributed by atoms with Crippen LogP contribution >= 0.6 is 11.6 Å². The molecule has 3 heterocycles. The van der Waals surface area contributed by atoms with E-state index < -0.39 is 5.54 Å². The monoisotopic (exact) mass is 377 g/mol. The van der Waals surface area contributed by atoms with Crippen LogP contribution < -0.4 is 15.8 Å². The van der Waals surface area contributed by atoms with Crippen molar-refractivity contribution in [2.75, 3.05) is 36.5 Å². The molecule has 0 bridgehead atoms. The Morgan fingerprint density at radius 1 is 1.31 bits per heavy atom. The summed E-state index contributed by atoms with van der Waals surface area (Å²) in [6, 6.07) is 3.92. The van der Waals surface area contributed by atoms with Crippen molar-refractivity contribution >= 4 is 23.1 Å². The lowest BCUT2D eigenvalue weighted by atomic mass is 10.1. The molecule has 1 aliphatic rings. The van der Waals surface area contributed by atoms with Crippen molar-refractivity contribution in [3.05, 3.63) is 45.5 Å². The summed E-state index contributed by atoms with van der Waals surface area (Å²) in [5, 5.41) is 7.62. The third-order valence-corrected chi connectivity index (χ3v) is 4.57. The minimum Gasteiger partial charge on any atom is -0.378 e. The number of pyridine rings is 1. The lowest BCUT2D eigenvalue weighted by Gasteiger charge is -2.29. The molecule has 0 spiro atoms. The van der Waals surface area contributed by atoms with Gasteiger partial charge in [-0.2, -0.15) is 5.10 Å². The highest BCUT2D eigenvalue weighted by Gasteiger charge is 2.20. The maximum Gasteiger partial charge on any atom is 0.288 e. The van der Waals surface area contributed by atoms with Crippen LogP contribution in [-0.2, 0) is 16.8 Å². The fourth-order valence-electron chi connectivity index (χ4n) is 2.85. The van der Waals surface area contributed by atoms with Gasteiger partial charge in [0.05, 0.1) is 30.6 Å². The number of aromatic nitrogens is 3. The van der Waals surface area contributed by atoms with Crippen LogP contribution in [0.2, 0.25) is 5.02 Å². The fourth-order valence-corrected chi connectivity index (χ4v) is 3.05. The van der Waals surface area contributed by atoms with E-state index in [1.165, 1.54) is 4.68 Å². The van der Waals surface area contributed by atoms with Gasteiger partial charge in [-0.1, -0.05) is 17.7 Å². The summed E-state index contributed by atoms with van der Waals surface area (Å²) in [7, 11) is 0. The third kappa shape index (κ3) is 3.99. The molecule has 3 rings (SSSR count). The number of nitrogens with zero attached hydrogens (tertiary/aromatic N) is 4. The van der Waals surface area contributed by atoms with Crippen molar-refractivity contribution in [1.29, 1.82) is 0 Å². The van der Waals surface area contributed by atoms with Crippen LogP contribution in [0.15, 0.2) is 29.3 Å². The van der Waals surface area contributed by atoms with E-state index in [-0.39, 0.29) is 10.6 Å². The SMILES string of the molecule is CC(C)(C)n1ncc(NCc2cccnc2N2CCOCC2)c(Cl)c1=O. The van der Waals surface area contributed by atoms with Crippen molar-refractivity contribution in [1.82, 2.24) is 14.8 Å². The summed E-state index contributed by atoms with van der Waals surface area (Å²) in [6.45, 7) is 9.26. The van der Waals surface area contributed by atoms with Gasteiger partial charge in [0, 0.05) is 31.4 Å². The molecule has 1 aliphatic heterocycles. The van der Waals surface area contributed by atoms with Crippen molar-refractivity contribution in [3.8, 4) is 0 Å². The van der Waals surface area contributed by atoms with Crippen LogP contribution in [0.25, 0.3) is 0 Å². The topological polar surface area (TPSA) is 72.3 Å². The molecule has 0 amide bonds. The van der Waals surface area contributed by atoms with Gasteiger partial charge in [0.1, 0.15) is 10.8 Å². The van der Waals surface area contributed by atoms with Crippen LogP contribution in [0.1, 0.15) is 26.3 Å². The molecule has 1 fully saturated rings. The van der Waals surface area contributed by atoms with Crippen molar-refractivity contribution in [3.63, 3.8) is 0 Å². The minimum atomic E-state index is -0.424. The maximum absolute atomic E-state index is 12.5. The number of hydrogen-bond acceptors (Lipinski definition) is 6. The lowest BCUT2D eigenvalue weighted by molar-refractivity contribution is 0.122. The molecule has 0 atom stereocenters. The van der Waals surface area contributed by atoms with Crippen LogP contribution in [0.3, 0.4) is 0 Å². The smallest absolute Gasteiger partial charge is 0.288 e. The van der Waals surface area contributed by atoms with Gasteiger partial charge < -0.3 is 15.0 Å². The molecule has 0 saturated carbocycles. The van der Waals surface area contributed by atoms with Gasteiger partial charge in [0.15, 0.2) is 0 Å². The number of morpholine rings is 1. The van der Waals surface area contributed by atoms with Crippen molar-refractivity contribution < 1.29 is 4.74 Å². The average molecular weight is 378 g/mol. The molecule has 8 heteroatoms. The van der Waals surface area contributed by atoms with Gasteiger partial charge in [-0.05, 0) is 26.8 Å². The molecule has 26 heavy (non-hydrogen) atoms. The fraction of sp³-hybridized carbons (Fsp3) is 0.500. The number of rotatable bonds is 4. The molecule has 0 radical (unpaired) electrons. The zero-order chi connectivity index (χ0) is 18.7. The minimum absolute atomic E-state index is 0.145. The predicted molar refractivity (Wildman–Crippen MR) is 103 cm³/mol. The van der Waals surface area contributed by atoms with Gasteiger partial charge >= 0.3 is 0 Å². The van der Waals surface area contributed by atoms with E-state index in [0.29, 0.717) is 25.4 Å². The van der Waals surface area contributed by atoms with Gasteiger partial charge in [0.25, 0.3) is 5.56 Å². The van der Waals surface area contributed by atoms with Gasteiger partial charge in [-0.25, -0.2) is 9.67 Å². The lowest BCUT2D eigenvalue weighted by Crippen LogP contribution is -2.37. The highest BCUT2D eigenvalue weighted by atomic mass is 35.5. The van der Waals surface area contributed by atoms with Gasteiger partial charge in [0.2, 0.25) is 0 Å². The Morgan fingerprint density at radius 3 is 2.73 bits per heavy atom. The molecule has 7 nitrogen and oxygen atoms in total. The number of halogens is 1. The van der Waals surface area contributed by atoms with E-state index in [0.717, 1.165) is 24.5 Å². The second-order valence-electron chi connectivity index (χ2n) is 7.20. The number of anilines is 2. The Balaban J connectivity index is 1.80. The molecular weight excluding hydrogens is 354 g/mol. The molecular formula is C18H24ClN5O2. The summed E-state index contributed by atoms with van der Waals surface area (Å²) in [4.78, 5) is 19.2. The summed E-state index contributed by atoms with van der Waals surface area (Å²) < 4.78 is 6.80. The molecule has 0 aromatic carbocycles. The summed E-state index contributed by atoms with van der Waals surface area (Å²) in [5.41, 5.74) is 0.828. The van der Waals surface area contributed by atoms with Crippen LogP contribution in [-0.4, -0.2) is 41.1 Å². The van der Waals surface area contributed by atoms with Crippen molar-refractivity contribution in [2.45, 2.75) is 32.9 Å². The van der Waals surface area contributed by atoms with Gasteiger partial charge in [-0.15, -0.1) is 0 Å². The van der Waals surface area contributed by atoms with Crippen LogP contribution in [0.5, 0.6) is 0 Å². The first-order chi connectivity index (χ1) is 12.4. The van der Waals surface area contributed by atoms with Crippen LogP contribution in [0.4, 0.5) is 11.5 Å². The van der Waals surface area contributed by atoms with Gasteiger partial charge in [-0.3, -0.25) is 4.79 Å². The molecule has 0 unspecified atom stereocenters. The van der Waals surface area contributed by atoms with E-state index in [1.807, 2.05) is 32.9 Å². The normalized spacial score (nSPS) is 15.2. The Hall–Kier alpha value is -2.12. The first-order valence-corrected chi connectivity index (χ1v) is 9.04. The average Bonchev–Trinajstić information content (AvgIpc) is 2.63. The standard InChI is InChI=1S/C18H24ClN5O2/c1-18(2,3)24-17(25)15(19)14(12-22-24)21-11-13-5-4-6-20-16(13)23-7-9-26-10-8-23/h4-6,12,21H,7-11H2,1-3H3. The number of nitrogens with one attached hydrogen (secondary N) is 1. The highest BCUT2D eigenvalue weighted by Crippen LogP contribution is 2.22. The second-order valence-corrected chi connectivity index (χ2v) is 7.58. The molecule has 1 saturated heterocycles. The van der Waals surface area contributed by atoms with E-state index in [2.05, 4.69) is 20.3 Å². The number of ether oxygens (including phenoxy) is 1.